The minimum Gasteiger partial charge on any atom is -0.316 e. The molecule has 1 rings (SSSR count). The lowest BCUT2D eigenvalue weighted by Gasteiger charge is -2.32. The minimum absolute atomic E-state index is 0. The van der Waals surface area contributed by atoms with Gasteiger partial charge in [-0.25, -0.2) is 4.72 Å². The third kappa shape index (κ3) is 5.09. The third-order valence-electron chi connectivity index (χ3n) is 3.12. The predicted molar refractivity (Wildman–Crippen MR) is 72.7 cm³/mol. The molecule has 0 aromatic carbocycles. The number of hydrogen-bond donors (Lipinski definition) is 2. The van der Waals surface area contributed by atoms with Gasteiger partial charge in [0.05, 0.1) is 0 Å². The van der Waals surface area contributed by atoms with Gasteiger partial charge in [-0.3, -0.25) is 0 Å². The second-order valence-electron chi connectivity index (χ2n) is 4.50. The van der Waals surface area contributed by atoms with Gasteiger partial charge in [0.25, 0.3) is 10.2 Å². The third-order valence-corrected chi connectivity index (χ3v) is 4.81. The summed E-state index contributed by atoms with van der Waals surface area (Å²) in [5, 5.41) is 3.01. The van der Waals surface area contributed by atoms with E-state index < -0.39 is 10.2 Å². The summed E-state index contributed by atoms with van der Waals surface area (Å²) in [6.07, 6.45) is 3.05. The molecule has 0 aromatic rings. The quantitative estimate of drug-likeness (QED) is 0.783. The van der Waals surface area contributed by atoms with Crippen molar-refractivity contribution in [1.82, 2.24) is 14.3 Å². The Balaban J connectivity index is 0.00000256. The van der Waals surface area contributed by atoms with Crippen molar-refractivity contribution in [2.24, 2.45) is 0 Å². The molecule has 7 heteroatoms. The zero-order valence-corrected chi connectivity index (χ0v) is 12.4. The molecule has 17 heavy (non-hydrogen) atoms. The zero-order valence-electron chi connectivity index (χ0n) is 10.8. The second-order valence-corrected chi connectivity index (χ2v) is 6.21. The molecule has 0 aliphatic carbocycles. The molecule has 0 saturated carbocycles. The van der Waals surface area contributed by atoms with E-state index in [4.69, 9.17) is 0 Å². The van der Waals surface area contributed by atoms with Gasteiger partial charge in [0.2, 0.25) is 0 Å². The van der Waals surface area contributed by atoms with Crippen molar-refractivity contribution in [3.05, 3.63) is 0 Å². The Hall–Kier alpha value is 0.120. The first kappa shape index (κ1) is 17.1. The van der Waals surface area contributed by atoms with Crippen molar-refractivity contribution < 1.29 is 8.42 Å². The van der Waals surface area contributed by atoms with Crippen LogP contribution in [0.15, 0.2) is 0 Å². The summed E-state index contributed by atoms with van der Waals surface area (Å²) in [5.74, 6) is 0. The van der Waals surface area contributed by atoms with Crippen molar-refractivity contribution in [2.45, 2.75) is 45.2 Å². The lowest BCUT2D eigenvalue weighted by molar-refractivity contribution is 0.265. The number of halogens is 1. The van der Waals surface area contributed by atoms with E-state index in [-0.39, 0.29) is 24.5 Å². The first-order chi connectivity index (χ1) is 7.47. The van der Waals surface area contributed by atoms with Gasteiger partial charge in [0, 0.05) is 25.2 Å². The second kappa shape index (κ2) is 7.53. The highest BCUT2D eigenvalue weighted by Crippen LogP contribution is 2.18. The van der Waals surface area contributed by atoms with Gasteiger partial charge in [0.1, 0.15) is 0 Å². The van der Waals surface area contributed by atoms with Gasteiger partial charge in [0.15, 0.2) is 0 Å². The largest absolute Gasteiger partial charge is 0.316 e. The Morgan fingerprint density at radius 3 is 2.59 bits per heavy atom. The van der Waals surface area contributed by atoms with E-state index in [1.807, 2.05) is 20.9 Å². The average molecular weight is 286 g/mol. The molecule has 0 aromatic heterocycles. The van der Waals surface area contributed by atoms with Crippen molar-refractivity contribution in [2.75, 3.05) is 20.1 Å². The minimum atomic E-state index is -3.29. The topological polar surface area (TPSA) is 61.4 Å². The summed E-state index contributed by atoms with van der Waals surface area (Å²) in [5.41, 5.74) is 0. The molecule has 1 aliphatic heterocycles. The molecule has 0 radical (unpaired) electrons. The fourth-order valence-corrected chi connectivity index (χ4v) is 3.42. The lowest BCUT2D eigenvalue weighted by atomic mass is 10.1. The van der Waals surface area contributed by atoms with Crippen LogP contribution in [-0.4, -0.2) is 44.9 Å². The highest BCUT2D eigenvalue weighted by atomic mass is 35.5. The Labute approximate surface area is 111 Å². The van der Waals surface area contributed by atoms with E-state index >= 15 is 0 Å². The summed E-state index contributed by atoms with van der Waals surface area (Å²) in [7, 11) is -1.47. The van der Waals surface area contributed by atoms with Gasteiger partial charge >= 0.3 is 0 Å². The molecule has 104 valence electrons. The molecular formula is C10H24ClN3O2S. The number of nitrogens with zero attached hydrogens (tertiary/aromatic N) is 1. The first-order valence-corrected chi connectivity index (χ1v) is 7.35. The van der Waals surface area contributed by atoms with Gasteiger partial charge in [-0.2, -0.15) is 12.7 Å². The van der Waals surface area contributed by atoms with Crippen molar-refractivity contribution in [1.29, 1.82) is 0 Å². The van der Waals surface area contributed by atoms with Crippen LogP contribution in [0.2, 0.25) is 0 Å². The predicted octanol–water partition coefficient (Wildman–Crippen LogP) is 0.725. The van der Waals surface area contributed by atoms with E-state index in [2.05, 4.69) is 10.0 Å². The van der Waals surface area contributed by atoms with Crippen LogP contribution in [0.4, 0.5) is 0 Å². The molecule has 2 N–H and O–H groups in total. The van der Waals surface area contributed by atoms with E-state index in [1.165, 1.54) is 0 Å². The number of piperidine rings is 1. The molecule has 1 heterocycles. The summed E-state index contributed by atoms with van der Waals surface area (Å²) >= 11 is 0. The average Bonchev–Trinajstić information content (AvgIpc) is 2.26. The highest BCUT2D eigenvalue weighted by molar-refractivity contribution is 7.87. The Bertz CT molecular complexity index is 311. The molecule has 2 unspecified atom stereocenters. The van der Waals surface area contributed by atoms with E-state index in [0.717, 1.165) is 19.3 Å². The standard InChI is InChI=1S/C10H23N3O2S.ClH/c1-9(11-3)8-12-16(14,15)13-7-5-4-6-10(13)2;/h9-12H,4-8H2,1-3H3;1H. The number of hydrogen-bond acceptors (Lipinski definition) is 3. The smallest absolute Gasteiger partial charge is 0.279 e. The molecule has 2 atom stereocenters. The SMILES string of the molecule is CNC(C)CNS(=O)(=O)N1CCCCC1C.Cl. The van der Waals surface area contributed by atoms with E-state index in [0.29, 0.717) is 13.1 Å². The summed E-state index contributed by atoms with van der Waals surface area (Å²) in [4.78, 5) is 0. The van der Waals surface area contributed by atoms with Crippen LogP contribution in [0.25, 0.3) is 0 Å². The van der Waals surface area contributed by atoms with Gasteiger partial charge in [-0.15, -0.1) is 12.4 Å². The van der Waals surface area contributed by atoms with Gasteiger partial charge in [-0.05, 0) is 33.7 Å². The van der Waals surface area contributed by atoms with Crippen molar-refractivity contribution in [3.8, 4) is 0 Å². The van der Waals surface area contributed by atoms with Crippen LogP contribution >= 0.6 is 12.4 Å². The fraction of sp³-hybridized carbons (Fsp3) is 1.00. The van der Waals surface area contributed by atoms with Crippen LogP contribution in [0.1, 0.15) is 33.1 Å². The maximum Gasteiger partial charge on any atom is 0.279 e. The van der Waals surface area contributed by atoms with Crippen LogP contribution in [-0.2, 0) is 10.2 Å². The molecule has 5 nitrogen and oxygen atoms in total. The highest BCUT2D eigenvalue weighted by Gasteiger charge is 2.29. The maximum atomic E-state index is 12.0. The van der Waals surface area contributed by atoms with Crippen LogP contribution in [0.3, 0.4) is 0 Å². The summed E-state index contributed by atoms with van der Waals surface area (Å²) < 4.78 is 28.2. The lowest BCUT2D eigenvalue weighted by Crippen LogP contribution is -2.50. The normalized spacial score (nSPS) is 24.1. The Kier molecular flexibility index (Phi) is 7.58. The Morgan fingerprint density at radius 1 is 1.41 bits per heavy atom. The Morgan fingerprint density at radius 2 is 2.06 bits per heavy atom. The first-order valence-electron chi connectivity index (χ1n) is 5.91. The van der Waals surface area contributed by atoms with Crippen molar-refractivity contribution >= 4 is 22.6 Å². The fourth-order valence-electron chi connectivity index (χ4n) is 1.84. The van der Waals surface area contributed by atoms with Crippen molar-refractivity contribution in [3.63, 3.8) is 0 Å². The van der Waals surface area contributed by atoms with Crippen LogP contribution in [0.5, 0.6) is 0 Å². The molecule has 1 saturated heterocycles. The zero-order chi connectivity index (χ0) is 12.2. The maximum absolute atomic E-state index is 12.0. The van der Waals surface area contributed by atoms with Gasteiger partial charge < -0.3 is 5.32 Å². The van der Waals surface area contributed by atoms with Gasteiger partial charge in [-0.1, -0.05) is 6.42 Å². The number of likely N-dealkylation sites (N-methyl/N-ethyl adjacent to an activating group) is 1. The molecule has 0 bridgehead atoms. The van der Waals surface area contributed by atoms with Crippen LogP contribution < -0.4 is 10.0 Å². The van der Waals surface area contributed by atoms with E-state index in [1.54, 1.807) is 4.31 Å². The number of nitrogens with one attached hydrogen (secondary N) is 2. The van der Waals surface area contributed by atoms with Crippen LogP contribution in [0, 0.1) is 0 Å². The van der Waals surface area contributed by atoms with E-state index in [9.17, 15) is 8.42 Å². The summed E-state index contributed by atoms with van der Waals surface area (Å²) in [6, 6.07) is 0.269. The monoisotopic (exact) mass is 285 g/mol. The molecular weight excluding hydrogens is 262 g/mol. The molecule has 1 aliphatic rings. The molecule has 0 spiro atoms. The molecule has 0 amide bonds. The molecule has 1 fully saturated rings. The summed E-state index contributed by atoms with van der Waals surface area (Å²) in [6.45, 7) is 4.99. The number of rotatable bonds is 5.